The Morgan fingerprint density at radius 3 is 2.93 bits per heavy atom. The first-order valence-corrected chi connectivity index (χ1v) is 5.45. The van der Waals surface area contributed by atoms with Crippen LogP contribution in [0.3, 0.4) is 0 Å². The van der Waals surface area contributed by atoms with Gasteiger partial charge in [-0.3, -0.25) is 0 Å². The third kappa shape index (κ3) is 1.08. The molecule has 1 aliphatic carbocycles. The van der Waals surface area contributed by atoms with Gasteiger partial charge in [0.1, 0.15) is 0 Å². The van der Waals surface area contributed by atoms with Gasteiger partial charge in [-0.2, -0.15) is 0 Å². The molecule has 14 heavy (non-hydrogen) atoms. The molecule has 0 aliphatic heterocycles. The van der Waals surface area contributed by atoms with E-state index in [2.05, 4.69) is 30.1 Å². The third-order valence-electron chi connectivity index (χ3n) is 3.25. The first-order valence-electron chi connectivity index (χ1n) is 5.45. The maximum atomic E-state index is 3.56. The highest BCUT2D eigenvalue weighted by molar-refractivity contribution is 5.85. The fourth-order valence-electron chi connectivity index (χ4n) is 2.53. The van der Waals surface area contributed by atoms with Gasteiger partial charge < -0.3 is 4.98 Å². The van der Waals surface area contributed by atoms with E-state index in [9.17, 15) is 0 Å². The molecular weight excluding hydrogens is 170 g/mol. The summed E-state index contributed by atoms with van der Waals surface area (Å²) < 4.78 is 0. The zero-order chi connectivity index (χ0) is 9.54. The SMILES string of the molecule is Cc1ccc2c3c([nH]c2c1)CCCC3. The highest BCUT2D eigenvalue weighted by Gasteiger charge is 2.14. The topological polar surface area (TPSA) is 15.8 Å². The summed E-state index contributed by atoms with van der Waals surface area (Å²) >= 11 is 0. The quantitative estimate of drug-likeness (QED) is 0.647. The Labute approximate surface area is 84.1 Å². The van der Waals surface area contributed by atoms with Gasteiger partial charge >= 0.3 is 0 Å². The number of fused-ring (bicyclic) bond motifs is 3. The molecule has 0 saturated carbocycles. The van der Waals surface area contributed by atoms with Crippen molar-refractivity contribution in [3.63, 3.8) is 0 Å². The summed E-state index contributed by atoms with van der Waals surface area (Å²) in [6, 6.07) is 6.74. The Bertz CT molecular complexity index is 479. The summed E-state index contributed by atoms with van der Waals surface area (Å²) in [5.74, 6) is 0. The predicted molar refractivity (Wildman–Crippen MR) is 59.7 cm³/mol. The molecule has 0 bridgehead atoms. The lowest BCUT2D eigenvalue weighted by Gasteiger charge is -2.10. The summed E-state index contributed by atoms with van der Waals surface area (Å²) in [5.41, 5.74) is 5.73. The van der Waals surface area contributed by atoms with Crippen molar-refractivity contribution in [1.82, 2.24) is 4.98 Å². The number of rotatable bonds is 0. The third-order valence-corrected chi connectivity index (χ3v) is 3.25. The lowest BCUT2D eigenvalue weighted by atomic mass is 9.95. The molecule has 0 unspecified atom stereocenters. The largest absolute Gasteiger partial charge is 0.358 e. The molecule has 1 N–H and O–H groups in total. The zero-order valence-corrected chi connectivity index (χ0v) is 8.56. The minimum atomic E-state index is 1.24. The van der Waals surface area contributed by atoms with Crippen LogP contribution in [0, 0.1) is 6.92 Å². The molecule has 1 aromatic carbocycles. The Morgan fingerprint density at radius 2 is 2.00 bits per heavy atom. The molecule has 2 aromatic rings. The summed E-state index contributed by atoms with van der Waals surface area (Å²) in [4.78, 5) is 3.56. The molecule has 1 aliphatic rings. The van der Waals surface area contributed by atoms with E-state index >= 15 is 0 Å². The number of H-pyrrole nitrogens is 1. The molecular formula is C13H15N. The van der Waals surface area contributed by atoms with E-state index < -0.39 is 0 Å². The van der Waals surface area contributed by atoms with Gasteiger partial charge in [-0.25, -0.2) is 0 Å². The minimum absolute atomic E-state index is 1.24. The van der Waals surface area contributed by atoms with Crippen molar-refractivity contribution in [3.05, 3.63) is 35.0 Å². The molecule has 0 atom stereocenters. The van der Waals surface area contributed by atoms with Crippen LogP contribution in [0.15, 0.2) is 18.2 Å². The van der Waals surface area contributed by atoms with Gasteiger partial charge in [0.05, 0.1) is 0 Å². The Hall–Kier alpha value is -1.24. The highest BCUT2D eigenvalue weighted by atomic mass is 14.7. The van der Waals surface area contributed by atoms with Crippen molar-refractivity contribution in [3.8, 4) is 0 Å². The van der Waals surface area contributed by atoms with Crippen LogP contribution in [0.5, 0.6) is 0 Å². The monoisotopic (exact) mass is 185 g/mol. The minimum Gasteiger partial charge on any atom is -0.358 e. The molecule has 0 spiro atoms. The number of aryl methyl sites for hydroxylation is 3. The smallest absolute Gasteiger partial charge is 0.0461 e. The van der Waals surface area contributed by atoms with Crippen LogP contribution in [0.25, 0.3) is 10.9 Å². The van der Waals surface area contributed by atoms with Crippen molar-refractivity contribution < 1.29 is 0 Å². The second-order valence-electron chi connectivity index (χ2n) is 4.34. The van der Waals surface area contributed by atoms with Gasteiger partial charge in [-0.1, -0.05) is 12.1 Å². The van der Waals surface area contributed by atoms with Crippen molar-refractivity contribution in [2.75, 3.05) is 0 Å². The van der Waals surface area contributed by atoms with Gasteiger partial charge in [0.2, 0.25) is 0 Å². The summed E-state index contributed by atoms with van der Waals surface area (Å²) in [6.45, 7) is 2.15. The number of aromatic amines is 1. The molecule has 72 valence electrons. The van der Waals surface area contributed by atoms with E-state index in [-0.39, 0.29) is 0 Å². The molecule has 0 amide bonds. The number of benzene rings is 1. The van der Waals surface area contributed by atoms with E-state index in [1.807, 2.05) is 0 Å². The fourth-order valence-corrected chi connectivity index (χ4v) is 2.53. The van der Waals surface area contributed by atoms with E-state index in [0.29, 0.717) is 0 Å². The van der Waals surface area contributed by atoms with Crippen LogP contribution in [0.2, 0.25) is 0 Å². The van der Waals surface area contributed by atoms with Crippen LogP contribution in [-0.2, 0) is 12.8 Å². The molecule has 3 rings (SSSR count). The average molecular weight is 185 g/mol. The highest BCUT2D eigenvalue weighted by Crippen LogP contribution is 2.29. The summed E-state index contributed by atoms with van der Waals surface area (Å²) in [6.07, 6.45) is 5.20. The zero-order valence-electron chi connectivity index (χ0n) is 8.56. The average Bonchev–Trinajstić information content (AvgIpc) is 2.54. The fraction of sp³-hybridized carbons (Fsp3) is 0.385. The molecule has 1 nitrogen and oxygen atoms in total. The first-order chi connectivity index (χ1) is 6.84. The van der Waals surface area contributed by atoms with Crippen LogP contribution in [0.1, 0.15) is 29.7 Å². The van der Waals surface area contributed by atoms with E-state index in [4.69, 9.17) is 0 Å². The molecule has 0 radical (unpaired) electrons. The Balaban J connectivity index is 2.31. The number of nitrogens with one attached hydrogen (secondary N) is 1. The second-order valence-corrected chi connectivity index (χ2v) is 4.34. The Morgan fingerprint density at radius 1 is 1.14 bits per heavy atom. The normalized spacial score (nSPS) is 15.8. The summed E-state index contributed by atoms with van der Waals surface area (Å²) in [5, 5.41) is 1.45. The van der Waals surface area contributed by atoms with E-state index in [1.54, 1.807) is 5.56 Å². The van der Waals surface area contributed by atoms with Crippen LogP contribution < -0.4 is 0 Å². The van der Waals surface area contributed by atoms with Gasteiger partial charge in [0.15, 0.2) is 0 Å². The lowest BCUT2D eigenvalue weighted by Crippen LogP contribution is -1.99. The summed E-state index contributed by atoms with van der Waals surface area (Å²) in [7, 11) is 0. The standard InChI is InChI=1S/C13H15N/c1-9-6-7-11-10-4-2-3-5-12(10)14-13(11)8-9/h6-8,14H,2-5H2,1H3. The molecule has 1 heteroatoms. The number of hydrogen-bond acceptors (Lipinski definition) is 0. The second kappa shape index (κ2) is 2.88. The van der Waals surface area contributed by atoms with Crippen molar-refractivity contribution in [2.24, 2.45) is 0 Å². The van der Waals surface area contributed by atoms with Crippen molar-refractivity contribution in [2.45, 2.75) is 32.6 Å². The van der Waals surface area contributed by atoms with Crippen LogP contribution in [-0.4, -0.2) is 4.98 Å². The van der Waals surface area contributed by atoms with Gasteiger partial charge in [0, 0.05) is 16.6 Å². The van der Waals surface area contributed by atoms with Crippen molar-refractivity contribution in [1.29, 1.82) is 0 Å². The molecule has 1 heterocycles. The number of aromatic nitrogens is 1. The van der Waals surface area contributed by atoms with Gasteiger partial charge in [-0.15, -0.1) is 0 Å². The first kappa shape index (κ1) is 8.10. The van der Waals surface area contributed by atoms with Gasteiger partial charge in [-0.05, 0) is 49.8 Å². The van der Waals surface area contributed by atoms with Crippen LogP contribution >= 0.6 is 0 Å². The van der Waals surface area contributed by atoms with Crippen molar-refractivity contribution >= 4 is 10.9 Å². The molecule has 0 saturated heterocycles. The Kier molecular flexibility index (Phi) is 1.66. The van der Waals surface area contributed by atoms with E-state index in [1.165, 1.54) is 47.8 Å². The van der Waals surface area contributed by atoms with Gasteiger partial charge in [0.25, 0.3) is 0 Å². The van der Waals surface area contributed by atoms with E-state index in [0.717, 1.165) is 0 Å². The molecule has 0 fully saturated rings. The molecule has 1 aromatic heterocycles. The maximum absolute atomic E-state index is 3.56. The lowest BCUT2D eigenvalue weighted by molar-refractivity contribution is 0.680. The predicted octanol–water partition coefficient (Wildman–Crippen LogP) is 3.36. The number of hydrogen-bond donors (Lipinski definition) is 1. The van der Waals surface area contributed by atoms with Crippen LogP contribution in [0.4, 0.5) is 0 Å². The maximum Gasteiger partial charge on any atom is 0.0461 e.